The van der Waals surface area contributed by atoms with E-state index >= 15 is 0 Å². The average Bonchev–Trinajstić information content (AvgIpc) is 2.99. The highest BCUT2D eigenvalue weighted by molar-refractivity contribution is 5.82. The SMILES string of the molecule is CCCC[C@H](N)C(=O)N(CC)C1CC1. The van der Waals surface area contributed by atoms with E-state index in [0.29, 0.717) is 6.04 Å². The number of carbonyl (C=O) groups is 1. The summed E-state index contributed by atoms with van der Waals surface area (Å²) in [6.45, 7) is 4.96. The zero-order valence-corrected chi connectivity index (χ0v) is 9.33. The normalized spacial score (nSPS) is 17.9. The van der Waals surface area contributed by atoms with E-state index < -0.39 is 0 Å². The molecule has 0 aromatic carbocycles. The number of likely N-dealkylation sites (N-methyl/N-ethyl adjacent to an activating group) is 1. The Hall–Kier alpha value is -0.570. The summed E-state index contributed by atoms with van der Waals surface area (Å²) >= 11 is 0. The van der Waals surface area contributed by atoms with E-state index in [0.717, 1.165) is 25.8 Å². The van der Waals surface area contributed by atoms with Gasteiger partial charge in [-0.3, -0.25) is 4.79 Å². The Balaban J connectivity index is 2.36. The lowest BCUT2D eigenvalue weighted by Gasteiger charge is -2.24. The van der Waals surface area contributed by atoms with Gasteiger partial charge in [0.15, 0.2) is 0 Å². The van der Waals surface area contributed by atoms with Crippen molar-refractivity contribution in [3.05, 3.63) is 0 Å². The highest BCUT2D eigenvalue weighted by atomic mass is 16.2. The van der Waals surface area contributed by atoms with Gasteiger partial charge in [0.05, 0.1) is 6.04 Å². The van der Waals surface area contributed by atoms with E-state index in [-0.39, 0.29) is 11.9 Å². The van der Waals surface area contributed by atoms with Gasteiger partial charge in [0, 0.05) is 12.6 Å². The first-order valence-corrected chi connectivity index (χ1v) is 5.76. The van der Waals surface area contributed by atoms with E-state index in [1.807, 2.05) is 11.8 Å². The molecule has 0 heterocycles. The van der Waals surface area contributed by atoms with Crippen LogP contribution in [0.2, 0.25) is 0 Å². The van der Waals surface area contributed by atoms with Crippen molar-refractivity contribution in [2.45, 2.75) is 58.0 Å². The Bertz CT molecular complexity index is 190. The van der Waals surface area contributed by atoms with Gasteiger partial charge >= 0.3 is 0 Å². The van der Waals surface area contributed by atoms with Gasteiger partial charge in [-0.25, -0.2) is 0 Å². The highest BCUT2D eigenvalue weighted by Crippen LogP contribution is 2.27. The highest BCUT2D eigenvalue weighted by Gasteiger charge is 2.33. The molecule has 0 spiro atoms. The first-order valence-electron chi connectivity index (χ1n) is 5.76. The molecule has 1 aliphatic rings. The summed E-state index contributed by atoms with van der Waals surface area (Å²) in [5, 5.41) is 0. The first-order chi connectivity index (χ1) is 6.70. The maximum absolute atomic E-state index is 11.9. The largest absolute Gasteiger partial charge is 0.339 e. The van der Waals surface area contributed by atoms with Crippen molar-refractivity contribution >= 4 is 5.91 Å². The number of hydrogen-bond acceptors (Lipinski definition) is 2. The third kappa shape index (κ3) is 2.98. The fourth-order valence-corrected chi connectivity index (χ4v) is 1.74. The Labute approximate surface area is 86.6 Å². The number of nitrogens with zero attached hydrogens (tertiary/aromatic N) is 1. The quantitative estimate of drug-likeness (QED) is 0.703. The number of amides is 1. The van der Waals surface area contributed by atoms with Gasteiger partial charge in [-0.2, -0.15) is 0 Å². The van der Waals surface area contributed by atoms with Gasteiger partial charge in [-0.1, -0.05) is 19.8 Å². The summed E-state index contributed by atoms with van der Waals surface area (Å²) < 4.78 is 0. The molecule has 0 bridgehead atoms. The predicted molar refractivity (Wildman–Crippen MR) is 57.9 cm³/mol. The molecule has 82 valence electrons. The van der Waals surface area contributed by atoms with Gasteiger partial charge in [-0.05, 0) is 26.2 Å². The second kappa shape index (κ2) is 5.35. The van der Waals surface area contributed by atoms with Gasteiger partial charge in [0.1, 0.15) is 0 Å². The van der Waals surface area contributed by atoms with Gasteiger partial charge in [0.2, 0.25) is 5.91 Å². The van der Waals surface area contributed by atoms with Gasteiger partial charge in [-0.15, -0.1) is 0 Å². The standard InChI is InChI=1S/C11H22N2O/c1-3-5-6-10(12)11(14)13(4-2)9-7-8-9/h9-10H,3-8,12H2,1-2H3/t10-/m0/s1. The zero-order chi connectivity index (χ0) is 10.6. The van der Waals surface area contributed by atoms with E-state index in [4.69, 9.17) is 5.73 Å². The smallest absolute Gasteiger partial charge is 0.239 e. The lowest BCUT2D eigenvalue weighted by molar-refractivity contribution is -0.133. The molecule has 2 N–H and O–H groups in total. The van der Waals surface area contributed by atoms with Gasteiger partial charge in [0.25, 0.3) is 0 Å². The number of rotatable bonds is 6. The molecule has 1 fully saturated rings. The first kappa shape index (κ1) is 11.5. The number of carbonyl (C=O) groups excluding carboxylic acids is 1. The van der Waals surface area contributed by atoms with Crippen molar-refractivity contribution in [2.24, 2.45) is 5.73 Å². The molecule has 0 aromatic heterocycles. The molecule has 0 saturated heterocycles. The number of unbranched alkanes of at least 4 members (excludes halogenated alkanes) is 1. The van der Waals surface area contributed by atoms with Crippen LogP contribution in [-0.2, 0) is 4.79 Å². The van der Waals surface area contributed by atoms with E-state index in [2.05, 4.69) is 6.92 Å². The molecule has 1 aliphatic carbocycles. The lowest BCUT2D eigenvalue weighted by Crippen LogP contribution is -2.44. The Morgan fingerprint density at radius 1 is 1.50 bits per heavy atom. The minimum absolute atomic E-state index is 0.156. The maximum atomic E-state index is 11.9. The van der Waals surface area contributed by atoms with Crippen molar-refractivity contribution < 1.29 is 4.79 Å². The predicted octanol–water partition coefficient (Wildman–Crippen LogP) is 1.51. The minimum atomic E-state index is -0.268. The Morgan fingerprint density at radius 2 is 2.14 bits per heavy atom. The molecular weight excluding hydrogens is 176 g/mol. The van der Waals surface area contributed by atoms with Gasteiger partial charge < -0.3 is 10.6 Å². The molecule has 14 heavy (non-hydrogen) atoms. The lowest BCUT2D eigenvalue weighted by atomic mass is 10.1. The Kier molecular flexibility index (Phi) is 4.39. The van der Waals surface area contributed by atoms with Crippen LogP contribution in [0.25, 0.3) is 0 Å². The van der Waals surface area contributed by atoms with Crippen LogP contribution in [0.1, 0.15) is 46.0 Å². The number of hydrogen-bond donors (Lipinski definition) is 1. The maximum Gasteiger partial charge on any atom is 0.239 e. The molecule has 0 unspecified atom stereocenters. The monoisotopic (exact) mass is 198 g/mol. The van der Waals surface area contributed by atoms with E-state index in [1.54, 1.807) is 0 Å². The average molecular weight is 198 g/mol. The summed E-state index contributed by atoms with van der Waals surface area (Å²) in [5.74, 6) is 0.156. The molecule has 1 atom stereocenters. The minimum Gasteiger partial charge on any atom is -0.339 e. The second-order valence-corrected chi connectivity index (χ2v) is 4.10. The van der Waals surface area contributed by atoms with Crippen LogP contribution < -0.4 is 5.73 Å². The summed E-state index contributed by atoms with van der Waals surface area (Å²) in [4.78, 5) is 13.8. The third-order valence-electron chi connectivity index (χ3n) is 2.80. The topological polar surface area (TPSA) is 46.3 Å². The summed E-state index contributed by atoms with van der Waals surface area (Å²) in [6, 6.07) is 0.232. The molecular formula is C11H22N2O. The van der Waals surface area contributed by atoms with E-state index in [9.17, 15) is 4.79 Å². The second-order valence-electron chi connectivity index (χ2n) is 4.10. The molecule has 3 heteroatoms. The van der Waals surface area contributed by atoms with Crippen LogP contribution in [-0.4, -0.2) is 29.4 Å². The van der Waals surface area contributed by atoms with Crippen LogP contribution >= 0.6 is 0 Å². The van der Waals surface area contributed by atoms with Crippen LogP contribution in [0.15, 0.2) is 0 Å². The van der Waals surface area contributed by atoms with Crippen molar-refractivity contribution in [1.82, 2.24) is 4.90 Å². The summed E-state index contributed by atoms with van der Waals surface area (Å²) in [6.07, 6.45) is 5.32. The Morgan fingerprint density at radius 3 is 2.57 bits per heavy atom. The molecule has 1 rings (SSSR count). The van der Waals surface area contributed by atoms with Crippen molar-refractivity contribution in [3.8, 4) is 0 Å². The summed E-state index contributed by atoms with van der Waals surface area (Å²) in [5.41, 5.74) is 5.85. The molecule has 1 saturated carbocycles. The van der Waals surface area contributed by atoms with Crippen LogP contribution in [0, 0.1) is 0 Å². The van der Waals surface area contributed by atoms with Crippen LogP contribution in [0.3, 0.4) is 0 Å². The molecule has 0 radical (unpaired) electrons. The van der Waals surface area contributed by atoms with Crippen molar-refractivity contribution in [1.29, 1.82) is 0 Å². The fraction of sp³-hybridized carbons (Fsp3) is 0.909. The summed E-state index contributed by atoms with van der Waals surface area (Å²) in [7, 11) is 0. The third-order valence-corrected chi connectivity index (χ3v) is 2.80. The van der Waals surface area contributed by atoms with Crippen molar-refractivity contribution in [3.63, 3.8) is 0 Å². The number of nitrogens with two attached hydrogens (primary N) is 1. The molecule has 3 nitrogen and oxygen atoms in total. The fourth-order valence-electron chi connectivity index (χ4n) is 1.74. The van der Waals surface area contributed by atoms with E-state index in [1.165, 1.54) is 12.8 Å². The molecule has 0 aliphatic heterocycles. The van der Waals surface area contributed by atoms with Crippen LogP contribution in [0.4, 0.5) is 0 Å². The molecule has 1 amide bonds. The molecule has 0 aromatic rings. The zero-order valence-electron chi connectivity index (χ0n) is 9.33. The van der Waals surface area contributed by atoms with Crippen molar-refractivity contribution in [2.75, 3.05) is 6.54 Å². The van der Waals surface area contributed by atoms with Crippen LogP contribution in [0.5, 0.6) is 0 Å².